The predicted octanol–water partition coefficient (Wildman–Crippen LogP) is 2.05. The first-order chi connectivity index (χ1) is 9.69. The second-order valence-electron chi connectivity index (χ2n) is 5.86. The van der Waals surface area contributed by atoms with Crippen molar-refractivity contribution in [3.05, 3.63) is 29.6 Å². The van der Waals surface area contributed by atoms with Crippen molar-refractivity contribution in [2.24, 2.45) is 5.92 Å². The molecule has 0 heterocycles. The number of halogens is 1. The Labute approximate surface area is 127 Å². The third-order valence-electron chi connectivity index (χ3n) is 3.10. The minimum absolute atomic E-state index is 0.0145. The van der Waals surface area contributed by atoms with Crippen LogP contribution in [-0.2, 0) is 16.4 Å². The normalized spacial score (nSPS) is 11.9. The number of sulfone groups is 1. The molecule has 4 nitrogen and oxygen atoms in total. The lowest BCUT2D eigenvalue weighted by molar-refractivity contribution is 0.550. The molecular weight excluding hydrogens is 291 g/mol. The molecule has 0 saturated carbocycles. The number of hydrogen-bond acceptors (Lipinski definition) is 4. The van der Waals surface area contributed by atoms with Gasteiger partial charge in [0, 0.05) is 26.4 Å². The average molecular weight is 316 g/mol. The van der Waals surface area contributed by atoms with Gasteiger partial charge in [0.15, 0.2) is 0 Å². The molecule has 0 aliphatic rings. The maximum absolute atomic E-state index is 14.1. The van der Waals surface area contributed by atoms with Crippen LogP contribution in [0.1, 0.15) is 19.4 Å². The topological polar surface area (TPSA) is 49.4 Å². The Morgan fingerprint density at radius 2 is 2.00 bits per heavy atom. The van der Waals surface area contributed by atoms with E-state index in [0.29, 0.717) is 18.2 Å². The second kappa shape index (κ2) is 7.75. The molecule has 0 bridgehead atoms. The summed E-state index contributed by atoms with van der Waals surface area (Å²) in [5.74, 6) is 0.242. The zero-order valence-corrected chi connectivity index (χ0v) is 14.0. The van der Waals surface area contributed by atoms with E-state index in [2.05, 4.69) is 19.2 Å². The first-order valence-electron chi connectivity index (χ1n) is 7.07. The van der Waals surface area contributed by atoms with Gasteiger partial charge in [-0.1, -0.05) is 19.9 Å². The van der Waals surface area contributed by atoms with Crippen LogP contribution in [0.5, 0.6) is 0 Å². The van der Waals surface area contributed by atoms with Crippen LogP contribution >= 0.6 is 0 Å². The summed E-state index contributed by atoms with van der Waals surface area (Å²) in [4.78, 5) is 1.63. The summed E-state index contributed by atoms with van der Waals surface area (Å²) < 4.78 is 36.4. The van der Waals surface area contributed by atoms with Gasteiger partial charge in [-0.15, -0.1) is 0 Å². The fourth-order valence-corrected chi connectivity index (χ4v) is 2.50. The minimum atomic E-state index is -3.04. The van der Waals surface area contributed by atoms with Crippen molar-refractivity contribution in [1.29, 1.82) is 0 Å². The third-order valence-corrected chi connectivity index (χ3v) is 4.03. The molecule has 0 aliphatic heterocycles. The van der Waals surface area contributed by atoms with Crippen molar-refractivity contribution in [3.63, 3.8) is 0 Å². The van der Waals surface area contributed by atoms with E-state index in [4.69, 9.17) is 0 Å². The lowest BCUT2D eigenvalue weighted by Gasteiger charge is -2.20. The third kappa shape index (κ3) is 6.91. The van der Waals surface area contributed by atoms with Crippen molar-refractivity contribution in [2.45, 2.75) is 20.4 Å². The highest BCUT2D eigenvalue weighted by Gasteiger charge is 2.11. The molecule has 0 radical (unpaired) electrons. The SMILES string of the molecule is CC(C)CNCc1ccc(N(C)CCS(C)(=O)=O)c(F)c1. The van der Waals surface area contributed by atoms with Gasteiger partial charge in [-0.05, 0) is 30.2 Å². The molecule has 0 fully saturated rings. The molecule has 0 unspecified atom stereocenters. The number of hydrogen-bond donors (Lipinski definition) is 1. The van der Waals surface area contributed by atoms with Crippen LogP contribution in [0.4, 0.5) is 10.1 Å². The van der Waals surface area contributed by atoms with Gasteiger partial charge in [-0.2, -0.15) is 0 Å². The zero-order chi connectivity index (χ0) is 16.0. The maximum Gasteiger partial charge on any atom is 0.149 e. The molecule has 0 aromatic heterocycles. The fourth-order valence-electron chi connectivity index (χ4n) is 1.90. The van der Waals surface area contributed by atoms with Crippen LogP contribution < -0.4 is 10.2 Å². The standard InChI is InChI=1S/C15H25FN2O2S/c1-12(2)10-17-11-13-5-6-15(14(16)9-13)18(3)7-8-21(4,19)20/h5-6,9,12,17H,7-8,10-11H2,1-4H3. The summed E-state index contributed by atoms with van der Waals surface area (Å²) in [5.41, 5.74) is 1.31. The Hall–Kier alpha value is -1.14. The van der Waals surface area contributed by atoms with E-state index in [-0.39, 0.29) is 18.1 Å². The highest BCUT2D eigenvalue weighted by molar-refractivity contribution is 7.90. The van der Waals surface area contributed by atoms with Crippen molar-refractivity contribution in [2.75, 3.05) is 37.0 Å². The first kappa shape index (κ1) is 17.9. The predicted molar refractivity (Wildman–Crippen MR) is 85.9 cm³/mol. The molecule has 0 amide bonds. The van der Waals surface area contributed by atoms with E-state index in [1.807, 2.05) is 6.07 Å². The lowest BCUT2D eigenvalue weighted by Crippen LogP contribution is -2.25. The largest absolute Gasteiger partial charge is 0.371 e. The molecular formula is C15H25FN2O2S. The van der Waals surface area contributed by atoms with Gasteiger partial charge < -0.3 is 10.2 Å². The molecule has 1 rings (SSSR count). The van der Waals surface area contributed by atoms with Crippen LogP contribution in [0.15, 0.2) is 18.2 Å². The van der Waals surface area contributed by atoms with Crippen molar-refractivity contribution in [3.8, 4) is 0 Å². The van der Waals surface area contributed by atoms with Crippen LogP contribution in [0, 0.1) is 11.7 Å². The Kier molecular flexibility index (Phi) is 6.61. The van der Waals surface area contributed by atoms with Gasteiger partial charge in [-0.3, -0.25) is 0 Å². The zero-order valence-electron chi connectivity index (χ0n) is 13.2. The number of anilines is 1. The number of nitrogens with one attached hydrogen (secondary N) is 1. The van der Waals surface area contributed by atoms with Crippen molar-refractivity contribution < 1.29 is 12.8 Å². The monoisotopic (exact) mass is 316 g/mol. The van der Waals surface area contributed by atoms with Crippen molar-refractivity contribution in [1.82, 2.24) is 5.32 Å². The van der Waals surface area contributed by atoms with Crippen LogP contribution in [0.3, 0.4) is 0 Å². The maximum atomic E-state index is 14.1. The molecule has 1 N–H and O–H groups in total. The molecule has 0 spiro atoms. The van der Waals surface area contributed by atoms with Crippen LogP contribution in [0.2, 0.25) is 0 Å². The molecule has 0 saturated heterocycles. The molecule has 120 valence electrons. The summed E-state index contributed by atoms with van der Waals surface area (Å²) in [5, 5.41) is 3.26. The van der Waals surface area contributed by atoms with Crippen LogP contribution in [0.25, 0.3) is 0 Å². The summed E-state index contributed by atoms with van der Waals surface area (Å²) in [6.45, 7) is 6.03. The second-order valence-corrected chi connectivity index (χ2v) is 8.12. The highest BCUT2D eigenvalue weighted by atomic mass is 32.2. The van der Waals surface area contributed by atoms with Gasteiger partial charge in [0.1, 0.15) is 15.7 Å². The Bertz CT molecular complexity index is 559. The average Bonchev–Trinajstić information content (AvgIpc) is 2.35. The number of rotatable bonds is 8. The molecule has 1 aromatic carbocycles. The van der Waals surface area contributed by atoms with E-state index >= 15 is 0 Å². The Morgan fingerprint density at radius 3 is 2.52 bits per heavy atom. The summed E-state index contributed by atoms with van der Waals surface area (Å²) >= 11 is 0. The molecule has 0 aliphatic carbocycles. The highest BCUT2D eigenvalue weighted by Crippen LogP contribution is 2.19. The molecule has 0 atom stereocenters. The van der Waals surface area contributed by atoms with E-state index < -0.39 is 9.84 Å². The van der Waals surface area contributed by atoms with Gasteiger partial charge in [0.2, 0.25) is 0 Å². The fraction of sp³-hybridized carbons (Fsp3) is 0.600. The number of benzene rings is 1. The minimum Gasteiger partial charge on any atom is -0.371 e. The number of nitrogens with zero attached hydrogens (tertiary/aromatic N) is 1. The summed E-state index contributed by atoms with van der Waals surface area (Å²) in [6, 6.07) is 5.06. The van der Waals surface area contributed by atoms with Crippen molar-refractivity contribution >= 4 is 15.5 Å². The van der Waals surface area contributed by atoms with Gasteiger partial charge in [-0.25, -0.2) is 12.8 Å². The quantitative estimate of drug-likeness (QED) is 0.797. The first-order valence-corrected chi connectivity index (χ1v) is 9.13. The van der Waals surface area contributed by atoms with E-state index in [1.165, 1.54) is 12.3 Å². The van der Waals surface area contributed by atoms with E-state index in [1.54, 1.807) is 18.0 Å². The van der Waals surface area contributed by atoms with E-state index in [0.717, 1.165) is 12.1 Å². The van der Waals surface area contributed by atoms with Gasteiger partial charge in [0.05, 0.1) is 11.4 Å². The Morgan fingerprint density at radius 1 is 1.33 bits per heavy atom. The lowest BCUT2D eigenvalue weighted by atomic mass is 10.1. The van der Waals surface area contributed by atoms with Gasteiger partial charge >= 0.3 is 0 Å². The molecule has 21 heavy (non-hydrogen) atoms. The summed E-state index contributed by atoms with van der Waals surface area (Å²) in [6.07, 6.45) is 1.18. The summed E-state index contributed by atoms with van der Waals surface area (Å²) in [7, 11) is -1.35. The molecule has 6 heteroatoms. The van der Waals surface area contributed by atoms with E-state index in [9.17, 15) is 12.8 Å². The van der Waals surface area contributed by atoms with Crippen LogP contribution in [-0.4, -0.2) is 40.6 Å². The smallest absolute Gasteiger partial charge is 0.149 e. The Balaban J connectivity index is 2.64. The molecule has 1 aromatic rings. The van der Waals surface area contributed by atoms with Gasteiger partial charge in [0.25, 0.3) is 0 Å².